The molecular weight excluding hydrogens is 378 g/mol. The minimum absolute atomic E-state index is 0.468. The maximum Gasteiger partial charge on any atom is 0.0846 e. The van der Waals surface area contributed by atoms with Crippen molar-refractivity contribution in [1.82, 2.24) is 9.80 Å². The van der Waals surface area contributed by atoms with Crippen LogP contribution in [0.4, 0.5) is 0 Å². The van der Waals surface area contributed by atoms with Crippen LogP contribution >= 0.6 is 0 Å². The van der Waals surface area contributed by atoms with Gasteiger partial charge in [0.05, 0.1) is 11.5 Å². The zero-order chi connectivity index (χ0) is 23.2. The Balaban J connectivity index is 2.43. The molecule has 0 aliphatic carbocycles. The number of hydrogen-bond acceptors (Lipinski definition) is 3. The predicted molar refractivity (Wildman–Crippen MR) is 134 cm³/mol. The Morgan fingerprint density at radius 1 is 0.710 bits per heavy atom. The second kappa shape index (κ2) is 11.1. The fraction of sp³-hybridized carbons (Fsp3) is 0.607. The molecule has 0 N–H and O–H groups in total. The molecule has 0 bridgehead atoms. The third-order valence-corrected chi connectivity index (χ3v) is 6.76. The van der Waals surface area contributed by atoms with Crippen LogP contribution in [0.5, 0.6) is 0 Å². The maximum absolute atomic E-state index is 10.6. The molecule has 0 saturated carbocycles. The van der Waals surface area contributed by atoms with E-state index in [1.807, 2.05) is 0 Å². The summed E-state index contributed by atoms with van der Waals surface area (Å²) < 4.78 is 0. The first-order valence-corrected chi connectivity index (χ1v) is 12.0. The summed E-state index contributed by atoms with van der Waals surface area (Å²) in [6, 6.07) is 19.8. The predicted octanol–water partition coefficient (Wildman–Crippen LogP) is 6.62. The van der Waals surface area contributed by atoms with Crippen LogP contribution in [0, 0.1) is 11.3 Å². The van der Waals surface area contributed by atoms with Crippen molar-refractivity contribution >= 4 is 10.8 Å². The fourth-order valence-corrected chi connectivity index (χ4v) is 4.94. The summed E-state index contributed by atoms with van der Waals surface area (Å²) in [7, 11) is 0. The van der Waals surface area contributed by atoms with Gasteiger partial charge in [-0.15, -0.1) is 0 Å². The van der Waals surface area contributed by atoms with E-state index in [2.05, 4.69) is 114 Å². The van der Waals surface area contributed by atoms with Gasteiger partial charge in [0, 0.05) is 37.3 Å². The van der Waals surface area contributed by atoms with E-state index in [9.17, 15) is 5.26 Å². The highest BCUT2D eigenvalue weighted by Crippen LogP contribution is 2.35. The molecule has 2 aromatic carbocycles. The third-order valence-electron chi connectivity index (χ3n) is 6.76. The highest BCUT2D eigenvalue weighted by molar-refractivity contribution is 5.83. The smallest absolute Gasteiger partial charge is 0.0846 e. The van der Waals surface area contributed by atoms with Crippen molar-refractivity contribution in [3.63, 3.8) is 0 Å². The van der Waals surface area contributed by atoms with Crippen LogP contribution in [-0.2, 0) is 5.41 Å². The average Bonchev–Trinajstić information content (AvgIpc) is 2.71. The van der Waals surface area contributed by atoms with Crippen molar-refractivity contribution in [3.8, 4) is 6.07 Å². The van der Waals surface area contributed by atoms with Crippen LogP contribution in [0.3, 0.4) is 0 Å². The Hall–Kier alpha value is -1.89. The molecule has 0 heterocycles. The normalized spacial score (nSPS) is 12.8. The largest absolute Gasteiger partial charge is 0.298 e. The molecule has 0 aliphatic heterocycles. The van der Waals surface area contributed by atoms with Gasteiger partial charge in [-0.1, -0.05) is 36.4 Å². The van der Waals surface area contributed by atoms with E-state index < -0.39 is 5.41 Å². The van der Waals surface area contributed by atoms with Gasteiger partial charge in [-0.05, 0) is 90.6 Å². The van der Waals surface area contributed by atoms with E-state index in [4.69, 9.17) is 0 Å². The van der Waals surface area contributed by atoms with Crippen molar-refractivity contribution in [3.05, 3.63) is 48.0 Å². The molecule has 0 spiro atoms. The van der Waals surface area contributed by atoms with Gasteiger partial charge in [0.15, 0.2) is 0 Å². The zero-order valence-electron chi connectivity index (χ0n) is 21.0. The zero-order valence-corrected chi connectivity index (χ0v) is 21.0. The standard InChI is InChI=1S/C28H43N3/c1-21(2)30(22(3)4)17-15-28(20-29,16-18-31(23(5)6)24(7)8)27-14-13-25-11-9-10-12-26(25)19-27/h9-14,19,21-24H,15-18H2,1-8H3. The Labute approximate surface area is 191 Å². The molecule has 0 atom stereocenters. The Morgan fingerprint density at radius 2 is 1.16 bits per heavy atom. The third kappa shape index (κ3) is 6.31. The summed E-state index contributed by atoms with van der Waals surface area (Å²) in [5.74, 6) is 0. The quantitative estimate of drug-likeness (QED) is 0.408. The molecule has 0 aliphatic rings. The van der Waals surface area contributed by atoms with Crippen molar-refractivity contribution in [2.45, 2.75) is 97.8 Å². The van der Waals surface area contributed by atoms with Crippen molar-refractivity contribution in [1.29, 1.82) is 5.26 Å². The summed E-state index contributed by atoms with van der Waals surface area (Å²) >= 11 is 0. The van der Waals surface area contributed by atoms with Crippen LogP contribution < -0.4 is 0 Å². The Bertz CT molecular complexity index is 820. The molecule has 0 radical (unpaired) electrons. The molecule has 2 rings (SSSR count). The van der Waals surface area contributed by atoms with Gasteiger partial charge in [-0.25, -0.2) is 0 Å². The second-order valence-corrected chi connectivity index (χ2v) is 10.1. The monoisotopic (exact) mass is 421 g/mol. The van der Waals surface area contributed by atoms with Gasteiger partial charge < -0.3 is 0 Å². The summed E-state index contributed by atoms with van der Waals surface area (Å²) in [5, 5.41) is 13.0. The van der Waals surface area contributed by atoms with E-state index in [0.717, 1.165) is 31.5 Å². The number of fused-ring (bicyclic) bond motifs is 1. The molecule has 0 aromatic heterocycles. The van der Waals surface area contributed by atoms with Crippen LogP contribution in [0.2, 0.25) is 0 Å². The van der Waals surface area contributed by atoms with Crippen LogP contribution in [0.25, 0.3) is 10.8 Å². The molecule has 0 saturated heterocycles. The Morgan fingerprint density at radius 3 is 1.58 bits per heavy atom. The lowest BCUT2D eigenvalue weighted by Crippen LogP contribution is -2.43. The molecule has 31 heavy (non-hydrogen) atoms. The van der Waals surface area contributed by atoms with Gasteiger partial charge in [-0.3, -0.25) is 9.80 Å². The van der Waals surface area contributed by atoms with Crippen LogP contribution in [-0.4, -0.2) is 47.1 Å². The van der Waals surface area contributed by atoms with Crippen molar-refractivity contribution < 1.29 is 0 Å². The van der Waals surface area contributed by atoms with E-state index >= 15 is 0 Å². The summed E-state index contributed by atoms with van der Waals surface area (Å²) in [6.45, 7) is 19.9. The molecule has 2 aromatic rings. The van der Waals surface area contributed by atoms with Gasteiger partial charge in [-0.2, -0.15) is 5.26 Å². The number of hydrogen-bond donors (Lipinski definition) is 0. The lowest BCUT2D eigenvalue weighted by molar-refractivity contribution is 0.143. The molecular formula is C28H43N3. The van der Waals surface area contributed by atoms with Gasteiger partial charge in [0.25, 0.3) is 0 Å². The van der Waals surface area contributed by atoms with Gasteiger partial charge in [0.1, 0.15) is 0 Å². The number of nitriles is 1. The second-order valence-electron chi connectivity index (χ2n) is 10.1. The summed E-state index contributed by atoms with van der Waals surface area (Å²) in [4.78, 5) is 5.02. The minimum atomic E-state index is -0.492. The molecule has 170 valence electrons. The molecule has 0 amide bonds. The minimum Gasteiger partial charge on any atom is -0.298 e. The van der Waals surface area contributed by atoms with E-state index in [1.165, 1.54) is 10.8 Å². The van der Waals surface area contributed by atoms with Crippen LogP contribution in [0.15, 0.2) is 42.5 Å². The first-order chi connectivity index (χ1) is 14.6. The van der Waals surface area contributed by atoms with E-state index in [-0.39, 0.29) is 0 Å². The van der Waals surface area contributed by atoms with Crippen LogP contribution in [0.1, 0.15) is 73.8 Å². The number of benzene rings is 2. The average molecular weight is 422 g/mol. The lowest BCUT2D eigenvalue weighted by atomic mass is 9.75. The molecule has 3 heteroatoms. The first-order valence-electron chi connectivity index (χ1n) is 12.0. The maximum atomic E-state index is 10.6. The topological polar surface area (TPSA) is 30.3 Å². The summed E-state index contributed by atoms with van der Waals surface area (Å²) in [6.07, 6.45) is 1.70. The van der Waals surface area contributed by atoms with E-state index in [1.54, 1.807) is 0 Å². The molecule has 0 fully saturated rings. The van der Waals surface area contributed by atoms with Crippen molar-refractivity contribution in [2.75, 3.05) is 13.1 Å². The number of rotatable bonds is 11. The Kier molecular flexibility index (Phi) is 9.10. The highest BCUT2D eigenvalue weighted by atomic mass is 15.2. The van der Waals surface area contributed by atoms with Crippen molar-refractivity contribution in [2.24, 2.45) is 0 Å². The SMILES string of the molecule is CC(C)N(CCC(C#N)(CCN(C(C)C)C(C)C)c1ccc2ccccc2c1)C(C)C. The summed E-state index contributed by atoms with van der Waals surface area (Å²) in [5.41, 5.74) is 0.669. The van der Waals surface area contributed by atoms with Gasteiger partial charge in [0.2, 0.25) is 0 Å². The highest BCUT2D eigenvalue weighted by Gasteiger charge is 2.34. The first kappa shape index (κ1) is 25.4. The number of nitrogens with zero attached hydrogens (tertiary/aromatic N) is 3. The molecule has 0 unspecified atom stereocenters. The lowest BCUT2D eigenvalue weighted by Gasteiger charge is -2.37. The molecule has 3 nitrogen and oxygen atoms in total. The fourth-order valence-electron chi connectivity index (χ4n) is 4.94. The van der Waals surface area contributed by atoms with E-state index in [0.29, 0.717) is 24.2 Å². The van der Waals surface area contributed by atoms with Gasteiger partial charge >= 0.3 is 0 Å².